The summed E-state index contributed by atoms with van der Waals surface area (Å²) in [5, 5.41) is 0. The summed E-state index contributed by atoms with van der Waals surface area (Å²) in [7, 11) is 0. The third kappa shape index (κ3) is 38.4. The summed E-state index contributed by atoms with van der Waals surface area (Å²) >= 11 is 0. The van der Waals surface area contributed by atoms with Crippen LogP contribution in [0.1, 0.15) is 324 Å². The third-order valence-corrected chi connectivity index (χ3v) is 12.5. The molecule has 1 radical (unpaired) electrons. The first kappa shape index (κ1) is 52.7. The lowest BCUT2D eigenvalue weighted by molar-refractivity contribution is 0.529. The zero-order valence-electron chi connectivity index (χ0n) is 38.3. The minimum atomic E-state index is 1.37. The fraction of sp³-hybridized carbons (Fsp3) is 0.943. The third-order valence-electron chi connectivity index (χ3n) is 12.5. The summed E-state index contributed by atoms with van der Waals surface area (Å²) in [6, 6.07) is 0. The average Bonchev–Trinajstić information content (AvgIpc) is 3.17. The molecule has 0 saturated carbocycles. The van der Waals surface area contributed by atoms with Crippen molar-refractivity contribution in [2.75, 3.05) is 0 Å². The van der Waals surface area contributed by atoms with Gasteiger partial charge in [-0.25, -0.2) is 0 Å². The molecule has 0 atom stereocenters. The van der Waals surface area contributed by atoms with Gasteiger partial charge in [-0.15, -0.1) is 0 Å². The summed E-state index contributed by atoms with van der Waals surface area (Å²) in [4.78, 5) is 0. The lowest BCUT2D eigenvalue weighted by Gasteiger charge is -2.25. The van der Waals surface area contributed by atoms with Gasteiger partial charge in [0, 0.05) is 5.92 Å². The molecule has 0 aliphatic rings. The van der Waals surface area contributed by atoms with Gasteiger partial charge in [0.1, 0.15) is 0 Å². The van der Waals surface area contributed by atoms with Crippen molar-refractivity contribution in [2.24, 2.45) is 0 Å². The van der Waals surface area contributed by atoms with Gasteiger partial charge < -0.3 is 0 Å². The largest absolute Gasteiger partial charge is 0.0704 e. The fourth-order valence-corrected chi connectivity index (χ4v) is 8.78. The van der Waals surface area contributed by atoms with Gasteiger partial charge in [-0.2, -0.15) is 0 Å². The Hall–Kier alpha value is -0.260. The molecule has 317 valence electrons. The molecule has 0 heteroatoms. The molecule has 0 saturated heterocycles. The molecule has 0 spiro atoms. The summed E-state index contributed by atoms with van der Waals surface area (Å²) < 4.78 is 0. The van der Waals surface area contributed by atoms with Crippen LogP contribution in [0.4, 0.5) is 0 Å². The van der Waals surface area contributed by atoms with Crippen LogP contribution in [0.25, 0.3) is 0 Å². The smallest absolute Gasteiger partial charge is 0.000823 e. The molecule has 0 aliphatic heterocycles. The average molecular weight is 742 g/mol. The molecule has 0 amide bonds. The van der Waals surface area contributed by atoms with Crippen LogP contribution in [0.2, 0.25) is 0 Å². The first-order valence-corrected chi connectivity index (χ1v) is 25.8. The van der Waals surface area contributed by atoms with Crippen molar-refractivity contribution in [1.82, 2.24) is 0 Å². The van der Waals surface area contributed by atoms with E-state index in [1.165, 1.54) is 289 Å². The van der Waals surface area contributed by atoms with E-state index in [-0.39, 0.29) is 0 Å². The number of unbranched alkanes of at least 4 members (excludes halogenated alkanes) is 35. The van der Waals surface area contributed by atoms with Crippen LogP contribution in [0.5, 0.6) is 0 Å². The van der Waals surface area contributed by atoms with Crippen molar-refractivity contribution in [3.05, 3.63) is 17.1 Å². The molecule has 0 fully saturated rings. The standard InChI is InChI=1S/C53H105/c1-6-11-16-21-26-31-36-41-46-51(47-42-37-32-27-22-17-12-7-2)53(50-45-40-35-30-25-20-15-10-5)52(48-43-38-33-28-23-18-13-8-3)49-44-39-34-29-24-19-14-9-4/h6-50H2,1-5H3. The van der Waals surface area contributed by atoms with Gasteiger partial charge in [-0.05, 0) is 51.4 Å². The second-order valence-corrected chi connectivity index (χ2v) is 17.8. The second kappa shape index (κ2) is 46.1. The molecule has 53 heavy (non-hydrogen) atoms. The summed E-state index contributed by atoms with van der Waals surface area (Å²) in [5.41, 5.74) is 3.91. The lowest BCUT2D eigenvalue weighted by Crippen LogP contribution is -2.08. The van der Waals surface area contributed by atoms with Gasteiger partial charge in [0.25, 0.3) is 0 Å². The Morgan fingerprint density at radius 1 is 0.189 bits per heavy atom. The van der Waals surface area contributed by atoms with E-state index in [2.05, 4.69) is 34.6 Å². The molecule has 0 aliphatic carbocycles. The number of hydrogen-bond donors (Lipinski definition) is 0. The maximum atomic E-state index is 2.35. The molecule has 0 heterocycles. The van der Waals surface area contributed by atoms with Gasteiger partial charge in [0.2, 0.25) is 0 Å². The predicted molar refractivity (Wildman–Crippen MR) is 246 cm³/mol. The van der Waals surface area contributed by atoms with Crippen LogP contribution in [0, 0.1) is 5.92 Å². The highest BCUT2D eigenvalue weighted by Gasteiger charge is 2.19. The van der Waals surface area contributed by atoms with Crippen molar-refractivity contribution >= 4 is 0 Å². The van der Waals surface area contributed by atoms with Crippen LogP contribution in [0.3, 0.4) is 0 Å². The Morgan fingerprint density at radius 3 is 0.623 bits per heavy atom. The fourth-order valence-electron chi connectivity index (χ4n) is 8.78. The maximum absolute atomic E-state index is 2.35. The van der Waals surface area contributed by atoms with E-state index in [9.17, 15) is 0 Å². The van der Waals surface area contributed by atoms with E-state index in [1.807, 2.05) is 17.1 Å². The zero-order valence-corrected chi connectivity index (χ0v) is 38.3. The number of allylic oxidation sites excluding steroid dienone is 2. The van der Waals surface area contributed by atoms with Crippen LogP contribution >= 0.6 is 0 Å². The van der Waals surface area contributed by atoms with E-state index < -0.39 is 0 Å². The van der Waals surface area contributed by atoms with Crippen LogP contribution < -0.4 is 0 Å². The summed E-state index contributed by atoms with van der Waals surface area (Å²) in [5.74, 6) is 1.96. The molecule has 0 rings (SSSR count). The van der Waals surface area contributed by atoms with Gasteiger partial charge in [0.05, 0.1) is 0 Å². The van der Waals surface area contributed by atoms with E-state index in [0.717, 1.165) is 0 Å². The van der Waals surface area contributed by atoms with E-state index >= 15 is 0 Å². The molecule has 0 aromatic carbocycles. The van der Waals surface area contributed by atoms with Crippen LogP contribution in [-0.2, 0) is 0 Å². The summed E-state index contributed by atoms with van der Waals surface area (Å²) in [6.45, 7) is 11.7. The highest BCUT2D eigenvalue weighted by molar-refractivity contribution is 5.30. The van der Waals surface area contributed by atoms with Crippen molar-refractivity contribution in [3.8, 4) is 0 Å². The van der Waals surface area contributed by atoms with Gasteiger partial charge in [0.15, 0.2) is 0 Å². The second-order valence-electron chi connectivity index (χ2n) is 17.8. The first-order chi connectivity index (χ1) is 26.2. The zero-order chi connectivity index (χ0) is 38.6. The van der Waals surface area contributed by atoms with E-state index in [0.29, 0.717) is 0 Å². The summed E-state index contributed by atoms with van der Waals surface area (Å²) in [6.07, 6.45) is 64.9. The molecular weight excluding hydrogens is 637 g/mol. The Kier molecular flexibility index (Phi) is 45.9. The highest BCUT2D eigenvalue weighted by atomic mass is 14.2. The maximum Gasteiger partial charge on any atom is 0.000823 e. The lowest BCUT2D eigenvalue weighted by atomic mass is 9.80. The Labute approximate surface area is 339 Å². The predicted octanol–water partition coefficient (Wildman–Crippen LogP) is 20.5. The highest BCUT2D eigenvalue weighted by Crippen LogP contribution is 2.37. The number of hydrogen-bond acceptors (Lipinski definition) is 0. The van der Waals surface area contributed by atoms with Gasteiger partial charge in [-0.3, -0.25) is 0 Å². The van der Waals surface area contributed by atoms with Gasteiger partial charge in [-0.1, -0.05) is 283 Å². The molecule has 0 nitrogen and oxygen atoms in total. The minimum absolute atomic E-state index is 1.37. The first-order valence-electron chi connectivity index (χ1n) is 25.8. The molecule has 0 unspecified atom stereocenters. The van der Waals surface area contributed by atoms with Crippen molar-refractivity contribution < 1.29 is 0 Å². The van der Waals surface area contributed by atoms with E-state index in [1.54, 1.807) is 0 Å². The van der Waals surface area contributed by atoms with Crippen LogP contribution in [-0.4, -0.2) is 0 Å². The molecule has 0 N–H and O–H groups in total. The van der Waals surface area contributed by atoms with Gasteiger partial charge >= 0.3 is 0 Å². The van der Waals surface area contributed by atoms with Crippen molar-refractivity contribution in [1.29, 1.82) is 0 Å². The minimum Gasteiger partial charge on any atom is -0.0704 e. The molecule has 0 aromatic rings. The Morgan fingerprint density at radius 2 is 0.377 bits per heavy atom. The normalized spacial score (nSPS) is 11.7. The SMILES string of the molecule is CCCCCCCCCC[C](CCCCCCCCCC)C(CCCCCCCCCC)=C(CCCCCCCCCC)CCCCCCCCCC. The molecule has 0 bridgehead atoms. The molecular formula is C53H105. The van der Waals surface area contributed by atoms with Crippen molar-refractivity contribution in [3.63, 3.8) is 0 Å². The van der Waals surface area contributed by atoms with E-state index in [4.69, 9.17) is 0 Å². The topological polar surface area (TPSA) is 0 Å². The monoisotopic (exact) mass is 742 g/mol. The number of rotatable bonds is 46. The Bertz CT molecular complexity index is 644. The van der Waals surface area contributed by atoms with Crippen LogP contribution in [0.15, 0.2) is 11.1 Å². The molecule has 0 aromatic heterocycles. The van der Waals surface area contributed by atoms with Crippen molar-refractivity contribution in [2.45, 2.75) is 324 Å². The Balaban J connectivity index is 5.78. The quantitative estimate of drug-likeness (QED) is 0.0545.